The molecule has 0 saturated carbocycles. The summed E-state index contributed by atoms with van der Waals surface area (Å²) in [5.74, 6) is -2.55. The van der Waals surface area contributed by atoms with E-state index in [0.717, 1.165) is 11.1 Å². The van der Waals surface area contributed by atoms with E-state index >= 15 is 0 Å². The summed E-state index contributed by atoms with van der Waals surface area (Å²) in [7, 11) is 0. The number of amides is 1. The van der Waals surface area contributed by atoms with Crippen LogP contribution in [-0.4, -0.2) is 17.0 Å². The topological polar surface area (TPSA) is 66.4 Å². The number of carbonyl (C=O) groups excluding carboxylic acids is 1. The predicted molar refractivity (Wildman–Crippen MR) is 78.1 cm³/mol. The van der Waals surface area contributed by atoms with E-state index in [1.807, 2.05) is 42.5 Å². The minimum absolute atomic E-state index is 0.453. The van der Waals surface area contributed by atoms with Gasteiger partial charge in [-0.2, -0.15) is 0 Å². The highest BCUT2D eigenvalue weighted by molar-refractivity contribution is 6.36. The molecule has 0 heterocycles. The Morgan fingerprint density at radius 3 is 1.95 bits per heavy atom. The van der Waals surface area contributed by atoms with Gasteiger partial charge in [0, 0.05) is 5.69 Å². The van der Waals surface area contributed by atoms with Crippen LogP contribution in [0.25, 0.3) is 12.2 Å². The van der Waals surface area contributed by atoms with Gasteiger partial charge in [0.15, 0.2) is 0 Å². The molecule has 0 atom stereocenters. The zero-order valence-corrected chi connectivity index (χ0v) is 10.6. The summed E-state index contributed by atoms with van der Waals surface area (Å²) in [6.07, 6.45) is 3.92. The Morgan fingerprint density at radius 2 is 1.40 bits per heavy atom. The molecule has 0 bridgehead atoms. The van der Waals surface area contributed by atoms with Gasteiger partial charge in [-0.05, 0) is 23.3 Å². The maximum atomic E-state index is 11.0. The van der Waals surface area contributed by atoms with Gasteiger partial charge in [0.05, 0.1) is 0 Å². The summed E-state index contributed by atoms with van der Waals surface area (Å²) >= 11 is 0. The number of benzene rings is 2. The van der Waals surface area contributed by atoms with Crippen molar-refractivity contribution in [2.45, 2.75) is 0 Å². The molecule has 0 aliphatic carbocycles. The van der Waals surface area contributed by atoms with E-state index in [2.05, 4.69) is 5.32 Å². The third-order valence-corrected chi connectivity index (χ3v) is 2.63. The van der Waals surface area contributed by atoms with E-state index < -0.39 is 11.9 Å². The number of hydrogen-bond acceptors (Lipinski definition) is 2. The van der Waals surface area contributed by atoms with Crippen molar-refractivity contribution in [1.82, 2.24) is 0 Å². The lowest BCUT2D eigenvalue weighted by atomic mass is 10.1. The molecule has 0 radical (unpaired) electrons. The molecular formula is C16H13NO3. The van der Waals surface area contributed by atoms with E-state index in [-0.39, 0.29) is 0 Å². The number of carboxylic acids is 1. The number of hydrogen-bond donors (Lipinski definition) is 2. The van der Waals surface area contributed by atoms with Crippen molar-refractivity contribution in [1.29, 1.82) is 0 Å². The molecule has 0 aliphatic rings. The molecule has 0 aliphatic heterocycles. The van der Waals surface area contributed by atoms with Crippen LogP contribution in [0.3, 0.4) is 0 Å². The SMILES string of the molecule is O=C(O)C(=O)Nc1ccc(C=Cc2ccccc2)cc1. The standard InChI is InChI=1S/C16H13NO3/c18-15(16(19)20)17-14-10-8-13(9-11-14)7-6-12-4-2-1-3-5-12/h1-11H,(H,17,18)(H,19,20). The fraction of sp³-hybridized carbons (Fsp3) is 0. The Hall–Kier alpha value is -2.88. The predicted octanol–water partition coefficient (Wildman–Crippen LogP) is 2.88. The molecule has 100 valence electrons. The summed E-state index contributed by atoms with van der Waals surface area (Å²) in [6.45, 7) is 0. The van der Waals surface area contributed by atoms with Crippen LogP contribution in [-0.2, 0) is 9.59 Å². The summed E-state index contributed by atoms with van der Waals surface area (Å²) in [6, 6.07) is 16.8. The molecule has 2 rings (SSSR count). The van der Waals surface area contributed by atoms with Crippen molar-refractivity contribution < 1.29 is 14.7 Å². The Labute approximate surface area is 116 Å². The maximum absolute atomic E-state index is 11.0. The molecule has 4 heteroatoms. The van der Waals surface area contributed by atoms with Gasteiger partial charge in [-0.1, -0.05) is 54.6 Å². The average Bonchev–Trinajstić information content (AvgIpc) is 2.47. The van der Waals surface area contributed by atoms with Crippen molar-refractivity contribution in [3.63, 3.8) is 0 Å². The molecule has 0 fully saturated rings. The molecule has 0 saturated heterocycles. The molecule has 20 heavy (non-hydrogen) atoms. The first-order valence-corrected chi connectivity index (χ1v) is 6.02. The summed E-state index contributed by atoms with van der Waals surface area (Å²) < 4.78 is 0. The maximum Gasteiger partial charge on any atom is 0.394 e. The van der Waals surface area contributed by atoms with Gasteiger partial charge in [-0.15, -0.1) is 0 Å². The number of aliphatic carboxylic acids is 1. The van der Waals surface area contributed by atoms with E-state index in [4.69, 9.17) is 5.11 Å². The fourth-order valence-electron chi connectivity index (χ4n) is 1.62. The summed E-state index contributed by atoms with van der Waals surface area (Å²) in [5.41, 5.74) is 2.51. The molecular weight excluding hydrogens is 254 g/mol. The van der Waals surface area contributed by atoms with Crippen LogP contribution < -0.4 is 5.32 Å². The van der Waals surface area contributed by atoms with E-state index in [9.17, 15) is 9.59 Å². The van der Waals surface area contributed by atoms with Crippen LogP contribution in [0.5, 0.6) is 0 Å². The minimum Gasteiger partial charge on any atom is -0.474 e. The monoisotopic (exact) mass is 267 g/mol. The van der Waals surface area contributed by atoms with Crippen LogP contribution in [0.15, 0.2) is 54.6 Å². The largest absolute Gasteiger partial charge is 0.474 e. The molecule has 2 aromatic rings. The minimum atomic E-state index is -1.50. The van der Waals surface area contributed by atoms with Gasteiger partial charge in [0.1, 0.15) is 0 Å². The summed E-state index contributed by atoms with van der Waals surface area (Å²) in [4.78, 5) is 21.4. The quantitative estimate of drug-likeness (QED) is 0.663. The third-order valence-electron chi connectivity index (χ3n) is 2.63. The zero-order valence-electron chi connectivity index (χ0n) is 10.6. The van der Waals surface area contributed by atoms with Gasteiger partial charge in [0.25, 0.3) is 0 Å². The second-order valence-electron chi connectivity index (χ2n) is 4.13. The summed E-state index contributed by atoms with van der Waals surface area (Å²) in [5, 5.41) is 10.8. The Morgan fingerprint density at radius 1 is 0.850 bits per heavy atom. The van der Waals surface area contributed by atoms with Gasteiger partial charge < -0.3 is 10.4 Å². The van der Waals surface area contributed by atoms with Crippen LogP contribution >= 0.6 is 0 Å². The highest BCUT2D eigenvalue weighted by atomic mass is 16.4. The van der Waals surface area contributed by atoms with Crippen molar-refractivity contribution in [2.24, 2.45) is 0 Å². The number of rotatable bonds is 3. The molecule has 2 N–H and O–H groups in total. The molecule has 0 aromatic heterocycles. The van der Waals surface area contributed by atoms with Gasteiger partial charge in [-0.3, -0.25) is 4.79 Å². The normalized spacial score (nSPS) is 10.4. The van der Waals surface area contributed by atoms with Crippen LogP contribution in [0.2, 0.25) is 0 Å². The van der Waals surface area contributed by atoms with Crippen LogP contribution in [0.4, 0.5) is 5.69 Å². The van der Waals surface area contributed by atoms with Crippen molar-refractivity contribution >= 4 is 29.7 Å². The zero-order chi connectivity index (χ0) is 14.4. The Balaban J connectivity index is 2.03. The number of carboxylic acid groups (broad SMARTS) is 1. The number of carbonyl (C=O) groups is 2. The lowest BCUT2D eigenvalue weighted by Gasteiger charge is -2.02. The Bertz CT molecular complexity index is 631. The van der Waals surface area contributed by atoms with Crippen LogP contribution in [0, 0.1) is 0 Å². The lowest BCUT2D eigenvalue weighted by molar-refractivity contribution is -0.147. The molecule has 1 amide bonds. The molecule has 0 unspecified atom stereocenters. The van der Waals surface area contributed by atoms with E-state index in [1.165, 1.54) is 0 Å². The van der Waals surface area contributed by atoms with Crippen molar-refractivity contribution in [2.75, 3.05) is 5.32 Å². The first-order valence-electron chi connectivity index (χ1n) is 6.02. The van der Waals surface area contributed by atoms with E-state index in [1.54, 1.807) is 24.3 Å². The van der Waals surface area contributed by atoms with Crippen LogP contribution in [0.1, 0.15) is 11.1 Å². The first-order chi connectivity index (χ1) is 9.65. The highest BCUT2D eigenvalue weighted by Crippen LogP contribution is 2.12. The second kappa shape index (κ2) is 6.33. The van der Waals surface area contributed by atoms with Gasteiger partial charge in [0.2, 0.25) is 0 Å². The average molecular weight is 267 g/mol. The second-order valence-corrected chi connectivity index (χ2v) is 4.13. The van der Waals surface area contributed by atoms with E-state index in [0.29, 0.717) is 5.69 Å². The smallest absolute Gasteiger partial charge is 0.394 e. The Kier molecular flexibility index (Phi) is 4.29. The third kappa shape index (κ3) is 3.81. The molecule has 0 spiro atoms. The van der Waals surface area contributed by atoms with Gasteiger partial charge in [-0.25, -0.2) is 4.79 Å². The van der Waals surface area contributed by atoms with Crippen molar-refractivity contribution in [3.05, 3.63) is 65.7 Å². The van der Waals surface area contributed by atoms with Gasteiger partial charge >= 0.3 is 11.9 Å². The van der Waals surface area contributed by atoms with Crippen molar-refractivity contribution in [3.8, 4) is 0 Å². The number of nitrogens with one attached hydrogen (secondary N) is 1. The first kappa shape index (κ1) is 13.5. The lowest BCUT2D eigenvalue weighted by Crippen LogP contribution is -2.21. The molecule has 4 nitrogen and oxygen atoms in total. The fourth-order valence-corrected chi connectivity index (χ4v) is 1.62. The number of anilines is 1. The highest BCUT2D eigenvalue weighted by Gasteiger charge is 2.10. The molecule has 2 aromatic carbocycles.